The summed E-state index contributed by atoms with van der Waals surface area (Å²) in [6, 6.07) is 5.35. The standard InChI is InChI=1S/C21H33N3O3S/c1-17-8-7-11-23(16-17)21(25)15-22-19-10-9-18(2)20(14-19)28(26,27)24-12-5-3-4-6-13-24/h9-10,14,17,22H,3-8,11-13,15-16H2,1-2H3. The van der Waals surface area contributed by atoms with E-state index >= 15 is 0 Å². The first kappa shape index (κ1) is 21.1. The van der Waals surface area contributed by atoms with E-state index in [-0.39, 0.29) is 12.5 Å². The van der Waals surface area contributed by atoms with Crippen molar-refractivity contribution < 1.29 is 13.2 Å². The lowest BCUT2D eigenvalue weighted by Gasteiger charge is -2.31. The van der Waals surface area contributed by atoms with E-state index in [1.807, 2.05) is 24.0 Å². The Kier molecular flexibility index (Phi) is 6.99. The van der Waals surface area contributed by atoms with Gasteiger partial charge in [0.05, 0.1) is 11.4 Å². The number of anilines is 1. The van der Waals surface area contributed by atoms with Gasteiger partial charge in [0.1, 0.15) is 0 Å². The maximum Gasteiger partial charge on any atom is 0.243 e. The third kappa shape index (κ3) is 5.06. The molecule has 2 fully saturated rings. The number of sulfonamides is 1. The van der Waals surface area contributed by atoms with Crippen LogP contribution in [0.1, 0.15) is 51.0 Å². The average molecular weight is 408 g/mol. The van der Waals surface area contributed by atoms with Gasteiger partial charge in [-0.2, -0.15) is 4.31 Å². The molecule has 2 aliphatic heterocycles. The molecule has 1 aromatic carbocycles. The summed E-state index contributed by atoms with van der Waals surface area (Å²) in [6.07, 6.45) is 6.23. The lowest BCUT2D eigenvalue weighted by Crippen LogP contribution is -2.41. The molecule has 1 atom stereocenters. The molecule has 7 heteroatoms. The van der Waals surface area contributed by atoms with Crippen LogP contribution in [0.25, 0.3) is 0 Å². The van der Waals surface area contributed by atoms with E-state index < -0.39 is 10.0 Å². The predicted octanol–water partition coefficient (Wildman–Crippen LogP) is 3.23. The molecule has 2 saturated heterocycles. The fraction of sp³-hybridized carbons (Fsp3) is 0.667. The monoisotopic (exact) mass is 407 g/mol. The van der Waals surface area contributed by atoms with Crippen LogP contribution in [-0.2, 0) is 14.8 Å². The highest BCUT2D eigenvalue weighted by Gasteiger charge is 2.27. The van der Waals surface area contributed by atoms with Gasteiger partial charge in [0.25, 0.3) is 0 Å². The van der Waals surface area contributed by atoms with E-state index in [0.29, 0.717) is 29.6 Å². The zero-order chi connectivity index (χ0) is 20.1. The predicted molar refractivity (Wildman–Crippen MR) is 112 cm³/mol. The van der Waals surface area contributed by atoms with Crippen LogP contribution in [0.5, 0.6) is 0 Å². The molecule has 0 bridgehead atoms. The van der Waals surface area contributed by atoms with Gasteiger partial charge in [0.15, 0.2) is 0 Å². The molecule has 1 amide bonds. The number of amides is 1. The molecule has 2 aliphatic rings. The first-order valence-corrected chi connectivity index (χ1v) is 11.9. The highest BCUT2D eigenvalue weighted by atomic mass is 32.2. The molecule has 0 saturated carbocycles. The fourth-order valence-corrected chi connectivity index (χ4v) is 5.88. The van der Waals surface area contributed by atoms with Crippen LogP contribution in [0, 0.1) is 12.8 Å². The maximum atomic E-state index is 13.2. The zero-order valence-electron chi connectivity index (χ0n) is 17.1. The molecule has 1 unspecified atom stereocenters. The number of nitrogens with one attached hydrogen (secondary N) is 1. The lowest BCUT2D eigenvalue weighted by atomic mass is 10.0. The molecule has 156 valence electrons. The highest BCUT2D eigenvalue weighted by Crippen LogP contribution is 2.26. The van der Waals surface area contributed by atoms with Gasteiger partial charge in [0, 0.05) is 31.9 Å². The smallest absolute Gasteiger partial charge is 0.243 e. The Labute approximate surface area is 169 Å². The minimum absolute atomic E-state index is 0.0732. The Bertz CT molecular complexity index is 786. The Hall–Kier alpha value is -1.60. The van der Waals surface area contributed by atoms with Gasteiger partial charge >= 0.3 is 0 Å². The van der Waals surface area contributed by atoms with E-state index in [9.17, 15) is 13.2 Å². The van der Waals surface area contributed by atoms with E-state index in [1.54, 1.807) is 10.4 Å². The number of piperidine rings is 1. The van der Waals surface area contributed by atoms with Crippen molar-refractivity contribution in [3.63, 3.8) is 0 Å². The summed E-state index contributed by atoms with van der Waals surface area (Å²) in [4.78, 5) is 14.7. The van der Waals surface area contributed by atoms with Crippen molar-refractivity contribution >= 4 is 21.6 Å². The van der Waals surface area contributed by atoms with Crippen molar-refractivity contribution in [3.8, 4) is 0 Å². The van der Waals surface area contributed by atoms with Crippen LogP contribution in [0.15, 0.2) is 23.1 Å². The Morgan fingerprint density at radius 2 is 1.82 bits per heavy atom. The van der Waals surface area contributed by atoms with Gasteiger partial charge in [-0.15, -0.1) is 0 Å². The molecule has 1 N–H and O–H groups in total. The number of rotatable bonds is 5. The number of likely N-dealkylation sites (tertiary alicyclic amines) is 1. The Morgan fingerprint density at radius 3 is 2.50 bits per heavy atom. The second-order valence-corrected chi connectivity index (χ2v) is 10.1. The first-order valence-electron chi connectivity index (χ1n) is 10.5. The van der Waals surface area contributed by atoms with Crippen LogP contribution in [0.3, 0.4) is 0 Å². The van der Waals surface area contributed by atoms with Crippen molar-refractivity contribution in [1.29, 1.82) is 0 Å². The molecule has 6 nitrogen and oxygen atoms in total. The third-order valence-corrected chi connectivity index (χ3v) is 7.87. The average Bonchev–Trinajstić information content (AvgIpc) is 2.97. The van der Waals surface area contributed by atoms with Crippen molar-refractivity contribution in [2.45, 2.75) is 57.3 Å². The van der Waals surface area contributed by atoms with Gasteiger partial charge < -0.3 is 10.2 Å². The van der Waals surface area contributed by atoms with Crippen LogP contribution in [-0.4, -0.2) is 56.3 Å². The van der Waals surface area contributed by atoms with Gasteiger partial charge in [-0.3, -0.25) is 4.79 Å². The Morgan fingerprint density at radius 1 is 1.11 bits per heavy atom. The number of carbonyl (C=O) groups excluding carboxylic acids is 1. The van der Waals surface area contributed by atoms with Crippen molar-refractivity contribution in [2.24, 2.45) is 5.92 Å². The largest absolute Gasteiger partial charge is 0.376 e. The topological polar surface area (TPSA) is 69.7 Å². The molecule has 0 radical (unpaired) electrons. The zero-order valence-corrected chi connectivity index (χ0v) is 17.9. The fourth-order valence-electron chi connectivity index (χ4n) is 4.11. The SMILES string of the molecule is Cc1ccc(NCC(=O)N2CCCC(C)C2)cc1S(=O)(=O)N1CCCCCC1. The number of hydrogen-bond donors (Lipinski definition) is 1. The molecule has 28 heavy (non-hydrogen) atoms. The van der Waals surface area contributed by atoms with E-state index in [2.05, 4.69) is 12.2 Å². The third-order valence-electron chi connectivity index (χ3n) is 5.82. The van der Waals surface area contributed by atoms with E-state index in [1.165, 1.54) is 6.42 Å². The van der Waals surface area contributed by atoms with Crippen LogP contribution < -0.4 is 5.32 Å². The second kappa shape index (κ2) is 9.27. The maximum absolute atomic E-state index is 13.2. The lowest BCUT2D eigenvalue weighted by molar-refractivity contribution is -0.130. The van der Waals surface area contributed by atoms with Crippen molar-refractivity contribution in [3.05, 3.63) is 23.8 Å². The first-order chi connectivity index (χ1) is 13.4. The molecule has 1 aromatic rings. The number of hydrogen-bond acceptors (Lipinski definition) is 4. The van der Waals surface area contributed by atoms with Crippen molar-refractivity contribution in [2.75, 3.05) is 38.0 Å². The number of benzene rings is 1. The molecular formula is C21H33N3O3S. The molecular weight excluding hydrogens is 374 g/mol. The van der Waals surface area contributed by atoms with E-state index in [0.717, 1.165) is 50.8 Å². The summed E-state index contributed by atoms with van der Waals surface area (Å²) in [5.41, 5.74) is 1.42. The normalized spacial score (nSPS) is 21.9. The molecule has 2 heterocycles. The van der Waals surface area contributed by atoms with Gasteiger partial charge in [0.2, 0.25) is 15.9 Å². The summed E-state index contributed by atoms with van der Waals surface area (Å²) >= 11 is 0. The summed E-state index contributed by atoms with van der Waals surface area (Å²) < 4.78 is 27.9. The van der Waals surface area contributed by atoms with Crippen LogP contribution in [0.2, 0.25) is 0 Å². The quantitative estimate of drug-likeness (QED) is 0.814. The van der Waals surface area contributed by atoms with Gasteiger partial charge in [-0.05, 0) is 56.2 Å². The molecule has 0 aliphatic carbocycles. The van der Waals surface area contributed by atoms with Crippen LogP contribution in [0.4, 0.5) is 5.69 Å². The minimum Gasteiger partial charge on any atom is -0.376 e. The second-order valence-electron chi connectivity index (χ2n) is 8.24. The number of aryl methyl sites for hydroxylation is 1. The summed E-state index contributed by atoms with van der Waals surface area (Å²) in [5, 5.41) is 3.14. The summed E-state index contributed by atoms with van der Waals surface area (Å²) in [7, 11) is -3.51. The van der Waals surface area contributed by atoms with E-state index in [4.69, 9.17) is 0 Å². The molecule has 3 rings (SSSR count). The molecule has 0 spiro atoms. The highest BCUT2D eigenvalue weighted by molar-refractivity contribution is 7.89. The summed E-state index contributed by atoms with van der Waals surface area (Å²) in [6.45, 7) is 6.99. The van der Waals surface area contributed by atoms with Crippen molar-refractivity contribution in [1.82, 2.24) is 9.21 Å². The van der Waals surface area contributed by atoms with Gasteiger partial charge in [-0.25, -0.2) is 8.42 Å². The van der Waals surface area contributed by atoms with Crippen LogP contribution >= 0.6 is 0 Å². The summed E-state index contributed by atoms with van der Waals surface area (Å²) in [5.74, 6) is 0.617. The molecule has 0 aromatic heterocycles. The minimum atomic E-state index is -3.51. The number of carbonyl (C=O) groups is 1. The Balaban J connectivity index is 1.69. The van der Waals surface area contributed by atoms with Gasteiger partial charge in [-0.1, -0.05) is 25.8 Å². The number of nitrogens with zero attached hydrogens (tertiary/aromatic N) is 2.